The van der Waals surface area contributed by atoms with E-state index in [1.165, 1.54) is 11.8 Å². The van der Waals surface area contributed by atoms with Crippen LogP contribution in [0.5, 0.6) is 0 Å². The Bertz CT molecular complexity index is 725. The van der Waals surface area contributed by atoms with E-state index >= 15 is 0 Å². The fraction of sp³-hybridized carbons (Fsp3) is 0.412. The highest BCUT2D eigenvalue weighted by atomic mass is 32.2. The van der Waals surface area contributed by atoms with Crippen molar-refractivity contribution in [2.75, 3.05) is 16.4 Å². The lowest BCUT2D eigenvalue weighted by Crippen LogP contribution is -2.18. The van der Waals surface area contributed by atoms with E-state index in [0.717, 1.165) is 5.16 Å². The molecule has 1 aromatic carbocycles. The van der Waals surface area contributed by atoms with Crippen molar-refractivity contribution in [2.24, 2.45) is 5.92 Å². The second-order valence-electron chi connectivity index (χ2n) is 6.17. The molecule has 8 heteroatoms. The summed E-state index contributed by atoms with van der Waals surface area (Å²) in [6, 6.07) is 7.29. The van der Waals surface area contributed by atoms with Gasteiger partial charge in [0.05, 0.1) is 5.75 Å². The number of hydrogen-bond donors (Lipinski definition) is 2. The molecule has 0 unspecified atom stereocenters. The third kappa shape index (κ3) is 5.60. The summed E-state index contributed by atoms with van der Waals surface area (Å²) >= 11 is 1.34. The molecule has 7 nitrogen and oxygen atoms in total. The number of nitrogens with one attached hydrogen (secondary N) is 2. The van der Waals surface area contributed by atoms with E-state index in [-0.39, 0.29) is 29.5 Å². The quantitative estimate of drug-likeness (QED) is 0.739. The SMILES string of the molecule is CC(C)C(=O)Nc1ccc(NC(=O)CSc2nncn2C(C)C)cc1. The third-order valence-electron chi connectivity index (χ3n) is 3.39. The molecular weight excluding hydrogens is 338 g/mol. The number of carbonyl (C=O) groups excluding carboxylic acids is 2. The first-order chi connectivity index (χ1) is 11.9. The number of rotatable bonds is 7. The van der Waals surface area contributed by atoms with Crippen LogP contribution in [0.3, 0.4) is 0 Å². The Morgan fingerprint density at radius 2 is 1.68 bits per heavy atom. The van der Waals surface area contributed by atoms with Gasteiger partial charge in [0, 0.05) is 23.3 Å². The molecule has 25 heavy (non-hydrogen) atoms. The zero-order valence-corrected chi connectivity index (χ0v) is 15.6. The van der Waals surface area contributed by atoms with E-state index in [9.17, 15) is 9.59 Å². The maximum Gasteiger partial charge on any atom is 0.234 e. The Labute approximate surface area is 151 Å². The molecule has 1 aromatic heterocycles. The Morgan fingerprint density at radius 3 is 2.24 bits per heavy atom. The van der Waals surface area contributed by atoms with Gasteiger partial charge in [-0.15, -0.1) is 10.2 Å². The molecule has 2 N–H and O–H groups in total. The zero-order valence-electron chi connectivity index (χ0n) is 14.8. The van der Waals surface area contributed by atoms with Crippen molar-refractivity contribution in [3.8, 4) is 0 Å². The minimum Gasteiger partial charge on any atom is -0.326 e. The summed E-state index contributed by atoms with van der Waals surface area (Å²) in [7, 11) is 0. The number of aromatic nitrogens is 3. The van der Waals surface area contributed by atoms with Crippen LogP contribution in [0.2, 0.25) is 0 Å². The van der Waals surface area contributed by atoms with Gasteiger partial charge >= 0.3 is 0 Å². The van der Waals surface area contributed by atoms with Gasteiger partial charge in [0.1, 0.15) is 6.33 Å². The molecule has 0 radical (unpaired) electrons. The van der Waals surface area contributed by atoms with Crippen molar-refractivity contribution in [3.05, 3.63) is 30.6 Å². The van der Waals surface area contributed by atoms with Gasteiger partial charge in [-0.3, -0.25) is 9.59 Å². The van der Waals surface area contributed by atoms with E-state index in [4.69, 9.17) is 0 Å². The molecule has 0 bridgehead atoms. The molecule has 0 fully saturated rings. The van der Waals surface area contributed by atoms with Gasteiger partial charge in [-0.25, -0.2) is 0 Å². The van der Waals surface area contributed by atoms with Crippen LogP contribution in [0.1, 0.15) is 33.7 Å². The highest BCUT2D eigenvalue weighted by Crippen LogP contribution is 2.19. The lowest BCUT2D eigenvalue weighted by atomic mass is 10.2. The minimum absolute atomic E-state index is 0.0394. The van der Waals surface area contributed by atoms with E-state index in [1.54, 1.807) is 30.6 Å². The Hall–Kier alpha value is -2.35. The van der Waals surface area contributed by atoms with Gasteiger partial charge in [0.2, 0.25) is 11.8 Å². The zero-order chi connectivity index (χ0) is 18.4. The van der Waals surface area contributed by atoms with Crippen molar-refractivity contribution in [1.29, 1.82) is 0 Å². The van der Waals surface area contributed by atoms with E-state index in [1.807, 2.05) is 32.3 Å². The van der Waals surface area contributed by atoms with Gasteiger partial charge < -0.3 is 15.2 Å². The Balaban J connectivity index is 1.86. The lowest BCUT2D eigenvalue weighted by molar-refractivity contribution is -0.119. The highest BCUT2D eigenvalue weighted by molar-refractivity contribution is 7.99. The van der Waals surface area contributed by atoms with Gasteiger partial charge in [0.15, 0.2) is 5.16 Å². The summed E-state index contributed by atoms with van der Waals surface area (Å²) in [6.45, 7) is 7.74. The molecule has 2 amide bonds. The van der Waals surface area contributed by atoms with Crippen LogP contribution in [0.15, 0.2) is 35.7 Å². The van der Waals surface area contributed by atoms with Crippen molar-refractivity contribution in [2.45, 2.75) is 38.9 Å². The molecule has 0 aliphatic rings. The Morgan fingerprint density at radius 1 is 1.08 bits per heavy atom. The summed E-state index contributed by atoms with van der Waals surface area (Å²) in [5.74, 6) is 0.00562. The topological polar surface area (TPSA) is 88.9 Å². The molecule has 1 heterocycles. The first-order valence-electron chi connectivity index (χ1n) is 8.10. The fourth-order valence-electron chi connectivity index (χ4n) is 1.94. The standard InChI is InChI=1S/C17H23N5O2S/c1-11(2)16(24)20-14-7-5-13(6-8-14)19-15(23)9-25-17-21-18-10-22(17)12(3)4/h5-8,10-12H,9H2,1-4H3,(H,19,23)(H,20,24). The predicted molar refractivity (Wildman–Crippen MR) is 99.7 cm³/mol. The first kappa shape index (κ1) is 19.0. The normalized spacial score (nSPS) is 11.0. The maximum absolute atomic E-state index is 12.1. The van der Waals surface area contributed by atoms with Gasteiger partial charge in [-0.05, 0) is 38.1 Å². The second kappa shape index (κ2) is 8.66. The van der Waals surface area contributed by atoms with E-state index in [0.29, 0.717) is 11.4 Å². The maximum atomic E-state index is 12.1. The fourth-order valence-corrected chi connectivity index (χ4v) is 2.78. The van der Waals surface area contributed by atoms with Crippen molar-refractivity contribution < 1.29 is 9.59 Å². The van der Waals surface area contributed by atoms with E-state index < -0.39 is 0 Å². The average molecular weight is 361 g/mol. The van der Waals surface area contributed by atoms with Gasteiger partial charge in [-0.1, -0.05) is 25.6 Å². The summed E-state index contributed by atoms with van der Waals surface area (Å²) in [5, 5.41) is 14.3. The first-order valence-corrected chi connectivity index (χ1v) is 9.08. The highest BCUT2D eigenvalue weighted by Gasteiger charge is 2.11. The monoisotopic (exact) mass is 361 g/mol. The van der Waals surface area contributed by atoms with Crippen LogP contribution in [0.4, 0.5) is 11.4 Å². The number of benzene rings is 1. The van der Waals surface area contributed by atoms with Crippen molar-refractivity contribution in [3.63, 3.8) is 0 Å². The molecule has 134 valence electrons. The average Bonchev–Trinajstić information content (AvgIpc) is 3.03. The molecule has 2 aromatic rings. The lowest BCUT2D eigenvalue weighted by Gasteiger charge is -2.10. The minimum atomic E-state index is -0.123. The predicted octanol–water partition coefficient (Wildman–Crippen LogP) is 3.18. The molecule has 0 aliphatic carbocycles. The number of hydrogen-bond acceptors (Lipinski definition) is 5. The summed E-state index contributed by atoms with van der Waals surface area (Å²) < 4.78 is 1.92. The number of nitrogens with zero attached hydrogens (tertiary/aromatic N) is 3. The van der Waals surface area contributed by atoms with Crippen LogP contribution in [-0.2, 0) is 9.59 Å². The summed E-state index contributed by atoms with van der Waals surface area (Å²) in [4.78, 5) is 23.7. The molecule has 0 saturated carbocycles. The molecule has 0 atom stereocenters. The molecule has 0 aliphatic heterocycles. The molecule has 0 saturated heterocycles. The molecule has 2 rings (SSSR count). The van der Waals surface area contributed by atoms with Gasteiger partial charge in [-0.2, -0.15) is 0 Å². The van der Waals surface area contributed by atoms with Crippen LogP contribution in [0, 0.1) is 5.92 Å². The number of amides is 2. The van der Waals surface area contributed by atoms with Gasteiger partial charge in [0.25, 0.3) is 0 Å². The number of thioether (sulfide) groups is 1. The van der Waals surface area contributed by atoms with Crippen LogP contribution < -0.4 is 10.6 Å². The van der Waals surface area contributed by atoms with Crippen molar-refractivity contribution >= 4 is 35.0 Å². The van der Waals surface area contributed by atoms with Crippen LogP contribution >= 0.6 is 11.8 Å². The largest absolute Gasteiger partial charge is 0.326 e. The second-order valence-corrected chi connectivity index (χ2v) is 7.12. The smallest absolute Gasteiger partial charge is 0.234 e. The Kier molecular flexibility index (Phi) is 6.58. The van der Waals surface area contributed by atoms with Crippen molar-refractivity contribution in [1.82, 2.24) is 14.8 Å². The summed E-state index contributed by atoms with van der Waals surface area (Å²) in [6.07, 6.45) is 1.66. The molecule has 0 spiro atoms. The molecular formula is C17H23N5O2S. The van der Waals surface area contributed by atoms with E-state index in [2.05, 4.69) is 20.8 Å². The summed E-state index contributed by atoms with van der Waals surface area (Å²) in [5.41, 5.74) is 1.38. The van der Waals surface area contributed by atoms with Crippen LogP contribution in [-0.4, -0.2) is 32.3 Å². The van der Waals surface area contributed by atoms with Crippen LogP contribution in [0.25, 0.3) is 0 Å². The number of carbonyl (C=O) groups is 2. The number of anilines is 2. The third-order valence-corrected chi connectivity index (χ3v) is 4.35.